The topological polar surface area (TPSA) is 102 Å². The fourth-order valence-electron chi connectivity index (χ4n) is 6.07. The molecule has 0 aliphatic rings. The lowest BCUT2D eigenvalue weighted by atomic mass is 10.0. The van der Waals surface area contributed by atoms with Crippen molar-refractivity contribution in [3.05, 3.63) is 0 Å². The summed E-state index contributed by atoms with van der Waals surface area (Å²) in [5, 5.41) is 11.6. The average molecular weight is 684 g/mol. The Morgan fingerprint density at radius 3 is 1.29 bits per heavy atom. The van der Waals surface area contributed by atoms with Gasteiger partial charge in [0.05, 0.1) is 40.3 Å². The molecular weight excluding hydrogens is 606 g/mol. The van der Waals surface area contributed by atoms with Gasteiger partial charge in [0.15, 0.2) is 6.10 Å². The molecule has 284 valence electrons. The number of carbonyl (C=O) groups excluding carboxylic acids is 3. The molecule has 0 aliphatic carbocycles. The lowest BCUT2D eigenvalue weighted by Gasteiger charge is -2.34. The Hall–Kier alpha value is -1.67. The summed E-state index contributed by atoms with van der Waals surface area (Å²) in [5.74, 6) is -1.72. The van der Waals surface area contributed by atoms with Crippen LogP contribution in [-0.4, -0.2) is 75.5 Å². The summed E-state index contributed by atoms with van der Waals surface area (Å²) in [5.41, 5.74) is 0. The van der Waals surface area contributed by atoms with Crippen molar-refractivity contribution in [3.63, 3.8) is 0 Å². The van der Waals surface area contributed by atoms with E-state index in [9.17, 15) is 19.5 Å². The molecule has 48 heavy (non-hydrogen) atoms. The predicted molar refractivity (Wildman–Crippen MR) is 194 cm³/mol. The summed E-state index contributed by atoms with van der Waals surface area (Å²) in [6.07, 6.45) is 29.8. The summed E-state index contributed by atoms with van der Waals surface area (Å²) in [6, 6.07) is -0.717. The van der Waals surface area contributed by atoms with Gasteiger partial charge in [0.25, 0.3) is 0 Å². The van der Waals surface area contributed by atoms with Gasteiger partial charge in [0, 0.05) is 19.3 Å². The summed E-state index contributed by atoms with van der Waals surface area (Å²) in [7, 11) is 5.41. The van der Waals surface area contributed by atoms with Crippen LogP contribution in [0.3, 0.4) is 0 Å². The van der Waals surface area contributed by atoms with E-state index in [2.05, 4.69) is 13.8 Å². The molecule has 0 aromatic carbocycles. The van der Waals surface area contributed by atoms with Crippen LogP contribution in [0.5, 0.6) is 0 Å². The van der Waals surface area contributed by atoms with Crippen molar-refractivity contribution < 1.29 is 38.2 Å². The minimum Gasteiger partial charge on any atom is -0.544 e. The zero-order chi connectivity index (χ0) is 35.7. The zero-order valence-electron chi connectivity index (χ0n) is 32.2. The Bertz CT molecular complexity index is 767. The molecule has 0 saturated carbocycles. The number of likely N-dealkylation sites (N-methyl/N-ethyl adjacent to an activating group) is 1. The lowest BCUT2D eigenvalue weighted by molar-refractivity contribution is -0.889. The van der Waals surface area contributed by atoms with Crippen LogP contribution in [0.1, 0.15) is 187 Å². The molecule has 0 N–H and O–H groups in total. The maximum Gasteiger partial charge on any atom is 0.306 e. The normalized spacial score (nSPS) is 12.9. The Kier molecular flexibility index (Phi) is 31.4. The number of rotatable bonds is 36. The number of quaternary nitrogens is 1. The summed E-state index contributed by atoms with van der Waals surface area (Å²) in [6.45, 7) is 4.66. The molecule has 2 unspecified atom stereocenters. The molecule has 0 aliphatic heterocycles. The van der Waals surface area contributed by atoms with Gasteiger partial charge in [-0.15, -0.1) is 0 Å². The van der Waals surface area contributed by atoms with Crippen LogP contribution >= 0.6 is 0 Å². The van der Waals surface area contributed by atoms with Crippen molar-refractivity contribution in [2.24, 2.45) is 0 Å². The van der Waals surface area contributed by atoms with Gasteiger partial charge in [-0.2, -0.15) is 0 Å². The fraction of sp³-hybridized carbons (Fsp3) is 0.925. The van der Waals surface area contributed by atoms with Gasteiger partial charge in [-0.3, -0.25) is 9.59 Å². The summed E-state index contributed by atoms with van der Waals surface area (Å²) < 4.78 is 17.1. The van der Waals surface area contributed by atoms with Crippen LogP contribution in [0.15, 0.2) is 0 Å². The van der Waals surface area contributed by atoms with E-state index in [4.69, 9.17) is 14.2 Å². The van der Waals surface area contributed by atoms with Gasteiger partial charge in [0.2, 0.25) is 0 Å². The first-order valence-electron chi connectivity index (χ1n) is 20.1. The second-order valence-corrected chi connectivity index (χ2v) is 14.9. The van der Waals surface area contributed by atoms with Crippen molar-refractivity contribution in [2.75, 3.05) is 41.0 Å². The maximum absolute atomic E-state index is 12.6. The molecule has 0 spiro atoms. The van der Waals surface area contributed by atoms with E-state index in [1.54, 1.807) is 21.1 Å². The van der Waals surface area contributed by atoms with E-state index in [1.807, 2.05) is 0 Å². The highest BCUT2D eigenvalue weighted by Crippen LogP contribution is 2.15. The Balaban J connectivity index is 4.34. The van der Waals surface area contributed by atoms with Gasteiger partial charge in [-0.1, -0.05) is 155 Å². The van der Waals surface area contributed by atoms with Crippen molar-refractivity contribution >= 4 is 17.9 Å². The van der Waals surface area contributed by atoms with E-state index in [-0.39, 0.29) is 42.7 Å². The van der Waals surface area contributed by atoms with Crippen LogP contribution in [0.25, 0.3) is 0 Å². The minimum absolute atomic E-state index is 0.0484. The molecule has 8 nitrogen and oxygen atoms in total. The number of carbonyl (C=O) groups is 3. The number of ether oxygens (including phenoxy) is 3. The molecular formula is C40H77NO7. The molecule has 8 heteroatoms. The van der Waals surface area contributed by atoms with Crippen LogP contribution in [0.2, 0.25) is 0 Å². The summed E-state index contributed by atoms with van der Waals surface area (Å²) >= 11 is 0. The molecule has 0 aromatic heterocycles. The molecule has 0 fully saturated rings. The number of unbranched alkanes of at least 4 members (excludes halogenated alkanes) is 22. The van der Waals surface area contributed by atoms with Crippen LogP contribution in [0, 0.1) is 0 Å². The highest BCUT2D eigenvalue weighted by molar-refractivity contribution is 5.70. The monoisotopic (exact) mass is 684 g/mol. The highest BCUT2D eigenvalue weighted by Gasteiger charge is 2.25. The number of carboxylic acids is 1. The van der Waals surface area contributed by atoms with Crippen molar-refractivity contribution in [2.45, 2.75) is 199 Å². The van der Waals surface area contributed by atoms with E-state index in [0.717, 1.165) is 38.5 Å². The van der Waals surface area contributed by atoms with Crippen molar-refractivity contribution in [1.82, 2.24) is 0 Å². The van der Waals surface area contributed by atoms with Crippen molar-refractivity contribution in [3.8, 4) is 0 Å². The number of aliphatic carboxylic acids is 1. The Labute approximate surface area is 296 Å². The second-order valence-electron chi connectivity index (χ2n) is 14.9. The number of hydrogen-bond acceptors (Lipinski definition) is 7. The van der Waals surface area contributed by atoms with Gasteiger partial charge < -0.3 is 28.6 Å². The molecule has 0 saturated heterocycles. The molecule has 0 bridgehead atoms. The molecule has 0 rings (SSSR count). The van der Waals surface area contributed by atoms with E-state index in [1.165, 1.54) is 116 Å². The first-order valence-corrected chi connectivity index (χ1v) is 20.1. The number of esters is 2. The van der Waals surface area contributed by atoms with Crippen molar-refractivity contribution in [1.29, 1.82) is 0 Å². The molecule has 0 amide bonds. The first kappa shape index (κ1) is 46.3. The molecule has 0 aromatic rings. The van der Waals surface area contributed by atoms with Crippen LogP contribution < -0.4 is 5.11 Å². The SMILES string of the molecule is CCCCCCCCCCCCCCCCC(=O)OCC(COCCC(C(=O)[O-])[N+](C)(C)C)OC(=O)CCCCCCCCCCCC. The highest BCUT2D eigenvalue weighted by atomic mass is 16.6. The quantitative estimate of drug-likeness (QED) is 0.0369. The zero-order valence-corrected chi connectivity index (χ0v) is 32.2. The Morgan fingerprint density at radius 2 is 0.917 bits per heavy atom. The predicted octanol–water partition coefficient (Wildman–Crippen LogP) is 8.86. The third-order valence-electron chi connectivity index (χ3n) is 9.24. The minimum atomic E-state index is -1.12. The number of carboxylic acid groups (broad SMARTS) is 1. The first-order chi connectivity index (χ1) is 23.1. The van der Waals surface area contributed by atoms with E-state index < -0.39 is 18.1 Å². The smallest absolute Gasteiger partial charge is 0.306 e. The van der Waals surface area contributed by atoms with Gasteiger partial charge in [-0.05, 0) is 12.8 Å². The fourth-order valence-corrected chi connectivity index (χ4v) is 6.07. The Morgan fingerprint density at radius 1 is 0.542 bits per heavy atom. The third kappa shape index (κ3) is 30.4. The van der Waals surface area contributed by atoms with E-state index in [0.29, 0.717) is 12.8 Å². The molecule has 0 heterocycles. The van der Waals surface area contributed by atoms with Crippen LogP contribution in [-0.2, 0) is 28.6 Å². The van der Waals surface area contributed by atoms with Crippen LogP contribution in [0.4, 0.5) is 0 Å². The number of hydrogen-bond donors (Lipinski definition) is 0. The summed E-state index contributed by atoms with van der Waals surface area (Å²) in [4.78, 5) is 36.6. The van der Waals surface area contributed by atoms with E-state index >= 15 is 0 Å². The molecule has 0 radical (unpaired) electrons. The molecule has 2 atom stereocenters. The average Bonchev–Trinajstić information content (AvgIpc) is 3.03. The van der Waals surface area contributed by atoms with Gasteiger partial charge >= 0.3 is 11.9 Å². The lowest BCUT2D eigenvalue weighted by Crippen LogP contribution is -2.55. The van der Waals surface area contributed by atoms with Gasteiger partial charge in [0.1, 0.15) is 12.6 Å². The second kappa shape index (κ2) is 32.5. The largest absolute Gasteiger partial charge is 0.544 e. The van der Waals surface area contributed by atoms with Gasteiger partial charge in [-0.25, -0.2) is 0 Å². The standard InChI is InChI=1S/C40H77NO7/c1-6-8-10-12-14-16-18-19-20-21-23-24-26-28-30-38(42)47-35-36(34-46-33-32-37(40(44)45)41(3,4)5)48-39(43)31-29-27-25-22-17-15-13-11-9-7-2/h36-37H,6-35H2,1-5H3. The number of nitrogens with zero attached hydrogens (tertiary/aromatic N) is 1. The maximum atomic E-state index is 12.6. The third-order valence-corrected chi connectivity index (χ3v) is 9.24.